The summed E-state index contributed by atoms with van der Waals surface area (Å²) in [7, 11) is 2.07. The smallest absolute Gasteiger partial charge is 0.321 e. The monoisotopic (exact) mass is 255 g/mol. The molecule has 0 unspecified atom stereocenters. The number of nitrogens with one attached hydrogen (secondary N) is 2. The van der Waals surface area contributed by atoms with Crippen LogP contribution in [0.2, 0.25) is 0 Å². The van der Waals surface area contributed by atoms with E-state index in [4.69, 9.17) is 0 Å². The number of aryl methyl sites for hydroxylation is 1. The zero-order valence-electron chi connectivity index (χ0n) is 10.1. The minimum atomic E-state index is -0.193. The third kappa shape index (κ3) is 3.64. The van der Waals surface area contributed by atoms with E-state index in [1.807, 2.05) is 0 Å². The van der Waals surface area contributed by atoms with Gasteiger partial charge in [-0.1, -0.05) is 0 Å². The maximum Gasteiger partial charge on any atom is 0.321 e. The zero-order valence-corrected chi connectivity index (χ0v) is 10.9. The number of carbonyl (C=O) groups is 1. The van der Waals surface area contributed by atoms with Crippen molar-refractivity contribution in [2.24, 2.45) is 0 Å². The van der Waals surface area contributed by atoms with Gasteiger partial charge in [-0.2, -0.15) is 4.37 Å². The summed E-state index contributed by atoms with van der Waals surface area (Å²) in [5.41, 5.74) is 0. The molecule has 0 aromatic carbocycles. The molecule has 0 radical (unpaired) electrons. The average Bonchev–Trinajstić information content (AvgIpc) is 2.63. The van der Waals surface area contributed by atoms with Crippen LogP contribution < -0.4 is 10.6 Å². The third-order valence-corrected chi connectivity index (χ3v) is 3.43. The van der Waals surface area contributed by atoms with Crippen molar-refractivity contribution in [2.75, 3.05) is 25.5 Å². The number of likely N-dealkylation sites (N-methyl/N-ethyl adjacent to an activating group) is 1. The van der Waals surface area contributed by atoms with E-state index >= 15 is 0 Å². The van der Waals surface area contributed by atoms with Gasteiger partial charge < -0.3 is 10.2 Å². The van der Waals surface area contributed by atoms with E-state index < -0.39 is 0 Å². The van der Waals surface area contributed by atoms with Crippen LogP contribution in [0.1, 0.15) is 18.7 Å². The second-order valence-electron chi connectivity index (χ2n) is 4.35. The number of nitrogens with zero attached hydrogens (tertiary/aromatic N) is 3. The first-order valence-corrected chi connectivity index (χ1v) is 6.47. The summed E-state index contributed by atoms with van der Waals surface area (Å²) in [5, 5.41) is 6.20. The van der Waals surface area contributed by atoms with Crippen LogP contribution in [0, 0.1) is 6.92 Å². The number of amides is 2. The molecular formula is C10H17N5OS. The topological polar surface area (TPSA) is 70.2 Å². The maximum absolute atomic E-state index is 11.7. The number of carbonyl (C=O) groups excluding carboxylic acids is 1. The minimum Gasteiger partial charge on any atom is -0.334 e. The van der Waals surface area contributed by atoms with Gasteiger partial charge in [-0.05, 0) is 33.4 Å². The largest absolute Gasteiger partial charge is 0.334 e. The lowest BCUT2D eigenvalue weighted by Crippen LogP contribution is -2.47. The fraction of sp³-hybridized carbons (Fsp3) is 0.700. The van der Waals surface area contributed by atoms with E-state index in [1.165, 1.54) is 11.5 Å². The normalized spacial score (nSPS) is 21.2. The van der Waals surface area contributed by atoms with Gasteiger partial charge in [0.2, 0.25) is 5.13 Å². The number of hydrogen-bond acceptors (Lipinski definition) is 5. The molecule has 1 atom stereocenters. The molecule has 6 nitrogen and oxygen atoms in total. The molecule has 1 fully saturated rings. The van der Waals surface area contributed by atoms with Crippen LogP contribution in [0.4, 0.5) is 9.93 Å². The highest BCUT2D eigenvalue weighted by atomic mass is 32.1. The Balaban J connectivity index is 1.80. The van der Waals surface area contributed by atoms with Gasteiger partial charge in [-0.25, -0.2) is 9.78 Å². The number of anilines is 1. The molecule has 1 aromatic rings. The number of rotatable bonds is 2. The summed E-state index contributed by atoms with van der Waals surface area (Å²) >= 11 is 1.20. The molecule has 94 valence electrons. The predicted octanol–water partition coefficient (Wildman–Crippen LogP) is 1.06. The van der Waals surface area contributed by atoms with Gasteiger partial charge in [0.25, 0.3) is 0 Å². The SMILES string of the molecule is Cc1nsc(NC(=O)N[C@@H]2CCCN(C)C2)n1. The van der Waals surface area contributed by atoms with Gasteiger partial charge in [-0.15, -0.1) is 0 Å². The predicted molar refractivity (Wildman–Crippen MR) is 67.3 cm³/mol. The maximum atomic E-state index is 11.7. The average molecular weight is 255 g/mol. The van der Waals surface area contributed by atoms with Gasteiger partial charge in [-0.3, -0.25) is 5.32 Å². The number of likely N-dealkylation sites (tertiary alicyclic amines) is 1. The molecule has 2 N–H and O–H groups in total. The molecule has 0 saturated carbocycles. The Hall–Kier alpha value is -1.21. The quantitative estimate of drug-likeness (QED) is 0.829. The molecule has 17 heavy (non-hydrogen) atoms. The number of piperidine rings is 1. The fourth-order valence-electron chi connectivity index (χ4n) is 1.95. The molecule has 1 aliphatic heterocycles. The minimum absolute atomic E-state index is 0.193. The molecule has 0 aliphatic carbocycles. The van der Waals surface area contributed by atoms with E-state index in [2.05, 4.69) is 31.9 Å². The highest BCUT2D eigenvalue weighted by molar-refractivity contribution is 7.09. The first kappa shape index (κ1) is 12.3. The summed E-state index contributed by atoms with van der Waals surface area (Å²) < 4.78 is 4.01. The van der Waals surface area contributed by atoms with Crippen molar-refractivity contribution in [3.63, 3.8) is 0 Å². The second-order valence-corrected chi connectivity index (χ2v) is 5.10. The highest BCUT2D eigenvalue weighted by Crippen LogP contribution is 2.11. The zero-order chi connectivity index (χ0) is 12.3. The van der Waals surface area contributed by atoms with Crippen molar-refractivity contribution in [1.82, 2.24) is 19.6 Å². The van der Waals surface area contributed by atoms with Gasteiger partial charge in [0, 0.05) is 24.1 Å². The van der Waals surface area contributed by atoms with Crippen LogP contribution in [-0.4, -0.2) is 46.5 Å². The van der Waals surface area contributed by atoms with Crippen molar-refractivity contribution >= 4 is 22.7 Å². The van der Waals surface area contributed by atoms with Crippen LogP contribution in [0.15, 0.2) is 0 Å². The Morgan fingerprint density at radius 2 is 2.41 bits per heavy atom. The number of urea groups is 1. The lowest BCUT2D eigenvalue weighted by Gasteiger charge is -2.29. The van der Waals surface area contributed by atoms with Gasteiger partial charge >= 0.3 is 6.03 Å². The molecule has 7 heteroatoms. The lowest BCUT2D eigenvalue weighted by atomic mass is 10.1. The summed E-state index contributed by atoms with van der Waals surface area (Å²) in [6, 6.07) is 0.0317. The molecule has 0 spiro atoms. The van der Waals surface area contributed by atoms with Crippen LogP contribution in [0.3, 0.4) is 0 Å². The summed E-state index contributed by atoms with van der Waals surface area (Å²) in [5.74, 6) is 0.683. The molecule has 2 heterocycles. The van der Waals surface area contributed by atoms with Crippen LogP contribution in [-0.2, 0) is 0 Å². The van der Waals surface area contributed by atoms with Crippen molar-refractivity contribution in [3.05, 3.63) is 5.82 Å². The van der Waals surface area contributed by atoms with Crippen molar-refractivity contribution in [2.45, 2.75) is 25.8 Å². The molecule has 2 rings (SSSR count). The first-order chi connectivity index (χ1) is 8.13. The summed E-state index contributed by atoms with van der Waals surface area (Å²) in [6.45, 7) is 3.81. The Labute approximate surface area is 105 Å². The Kier molecular flexibility index (Phi) is 3.90. The molecular weight excluding hydrogens is 238 g/mol. The molecule has 1 aromatic heterocycles. The van der Waals surface area contributed by atoms with Gasteiger partial charge in [0.15, 0.2) is 0 Å². The molecule has 1 aliphatic rings. The Bertz CT molecular complexity index is 394. The van der Waals surface area contributed by atoms with Crippen molar-refractivity contribution in [1.29, 1.82) is 0 Å². The second kappa shape index (κ2) is 5.42. The standard InChI is InChI=1S/C10H17N5OS/c1-7-11-10(17-14-7)13-9(16)12-8-4-3-5-15(2)6-8/h8H,3-6H2,1-2H3,(H2,11,12,13,14,16)/t8-/m1/s1. The summed E-state index contributed by atoms with van der Waals surface area (Å²) in [4.78, 5) is 18.0. The van der Waals surface area contributed by atoms with E-state index in [1.54, 1.807) is 6.92 Å². The van der Waals surface area contributed by atoms with Gasteiger partial charge in [0.1, 0.15) is 5.82 Å². The van der Waals surface area contributed by atoms with E-state index in [0.717, 1.165) is 25.9 Å². The van der Waals surface area contributed by atoms with Crippen molar-refractivity contribution in [3.8, 4) is 0 Å². The van der Waals surface area contributed by atoms with Crippen LogP contribution >= 0.6 is 11.5 Å². The van der Waals surface area contributed by atoms with Crippen LogP contribution in [0.5, 0.6) is 0 Å². The van der Waals surface area contributed by atoms with E-state index in [0.29, 0.717) is 11.0 Å². The molecule has 0 bridgehead atoms. The lowest BCUT2D eigenvalue weighted by molar-refractivity contribution is 0.216. The molecule has 1 saturated heterocycles. The Morgan fingerprint density at radius 3 is 3.06 bits per heavy atom. The highest BCUT2D eigenvalue weighted by Gasteiger charge is 2.19. The number of hydrogen-bond donors (Lipinski definition) is 2. The van der Waals surface area contributed by atoms with Gasteiger partial charge in [0.05, 0.1) is 0 Å². The molecule has 2 amide bonds. The third-order valence-electron chi connectivity index (χ3n) is 2.71. The van der Waals surface area contributed by atoms with E-state index in [9.17, 15) is 4.79 Å². The van der Waals surface area contributed by atoms with Crippen LogP contribution in [0.25, 0.3) is 0 Å². The fourth-order valence-corrected chi connectivity index (χ4v) is 2.52. The van der Waals surface area contributed by atoms with Crippen molar-refractivity contribution < 1.29 is 4.79 Å². The number of aromatic nitrogens is 2. The van der Waals surface area contributed by atoms with E-state index in [-0.39, 0.29) is 12.1 Å². The summed E-state index contributed by atoms with van der Waals surface area (Å²) in [6.07, 6.45) is 2.16. The Morgan fingerprint density at radius 1 is 1.59 bits per heavy atom. The first-order valence-electron chi connectivity index (χ1n) is 5.70.